The van der Waals surface area contributed by atoms with Gasteiger partial charge in [0.2, 0.25) is 0 Å². The number of rotatable bonds is 32. The SMILES string of the molecule is [2H]C([2H])([2H])C([2H])([2H])C([2H])([2H])C([2H])([2H])C([2H])([2H])C([2H])([2H])C([2H])([2H])C([2H])([2H])C([2H])([2H])C([2H])([2H])C([2H])([2H])C([2H])([2H])C([2H])([2H])C([2H])([2H])C([2H])([2H])C([2H])([2H])C([2H])([2H])C(=O)[O-].[2H]C([2H])([2H])C([2H])([2H])C([2H])([2H])C([2H])([2H])C([2H])([2H])C([2H])([2H])C([2H])([2H])C([2H])([2H])C([2H])([2H])C([2H])([2H])C([2H])([2H])C([2H])([2H])C([2H])([2H])C([2H])([2H])C([2H])([2H])C([2H])([2H])C([2H])([2H])C(=O)[O-].[Cd+2]. The summed E-state index contributed by atoms with van der Waals surface area (Å²) in [5, 5.41) is 22.5. The second-order valence-electron chi connectivity index (χ2n) is 4.57. The van der Waals surface area contributed by atoms with Crippen LogP contribution in [0.15, 0.2) is 0 Å². The molecule has 0 saturated heterocycles. The van der Waals surface area contributed by atoms with E-state index in [1.807, 2.05) is 0 Å². The van der Waals surface area contributed by atoms with Crippen molar-refractivity contribution in [2.45, 2.75) is 218 Å². The molecule has 0 spiro atoms. The molecule has 5 heteroatoms. The van der Waals surface area contributed by atoms with Crippen LogP contribution < -0.4 is 10.2 Å². The number of carbonyl (C=O) groups excluding carboxylic acids is 2. The Hall–Kier alpha value is -0.138. The van der Waals surface area contributed by atoms with Gasteiger partial charge in [0.25, 0.3) is 0 Å². The summed E-state index contributed by atoms with van der Waals surface area (Å²) in [5.41, 5.74) is 0. The Kier molecular flexibility index (Phi) is 5.72. The van der Waals surface area contributed by atoms with E-state index in [-0.39, 0.29) is 27.3 Å². The predicted molar refractivity (Wildman–Crippen MR) is 169 cm³/mol. The molecule has 41 heavy (non-hydrogen) atoms. The summed E-state index contributed by atoms with van der Waals surface area (Å²) in [6.07, 6.45) is -160. The van der Waals surface area contributed by atoms with Gasteiger partial charge in [-0.05, 0) is 25.5 Å². The van der Waals surface area contributed by atoms with Gasteiger partial charge in [0.1, 0.15) is 0 Å². The zero-order valence-electron chi connectivity index (χ0n) is 90.3. The van der Waals surface area contributed by atoms with Crippen LogP contribution in [0.3, 0.4) is 0 Å². The van der Waals surface area contributed by atoms with Crippen molar-refractivity contribution in [3.8, 4) is 0 Å². The fraction of sp³-hybridized carbons (Fsp3) is 0.944. The third-order valence-corrected chi connectivity index (χ3v) is 2.08. The molecule has 0 saturated carbocycles. The van der Waals surface area contributed by atoms with Crippen LogP contribution in [0.4, 0.5) is 0 Å². The van der Waals surface area contributed by atoms with Crippen molar-refractivity contribution in [2.75, 3.05) is 0 Å². The van der Waals surface area contributed by atoms with Gasteiger partial charge in [0.15, 0.2) is 0 Å². The van der Waals surface area contributed by atoms with E-state index in [1.54, 1.807) is 0 Å². The van der Waals surface area contributed by atoms with Crippen LogP contribution in [0.1, 0.15) is 314 Å². The zero-order chi connectivity index (χ0) is 92.2. The third kappa shape index (κ3) is 49.8. The summed E-state index contributed by atoms with van der Waals surface area (Å²) in [7, 11) is 0. The molecule has 0 atom stereocenters. The quantitative estimate of drug-likeness (QED) is 0.0642. The molecule has 0 aliphatic carbocycles. The van der Waals surface area contributed by atoms with Crippen molar-refractivity contribution in [1.82, 2.24) is 0 Å². The van der Waals surface area contributed by atoms with Crippen molar-refractivity contribution in [3.05, 3.63) is 0 Å². The van der Waals surface area contributed by atoms with E-state index in [1.165, 1.54) is 0 Å². The standard InChI is InChI=1S/2C18H36O2.Cd/c2*1-2-3-4-5-6-7-8-9-10-11-12-13-14-15-16-17-18(19)20;/h2*2-17H2,1H3,(H,19,20);/q;;+2/p-2/i2*1D3,2D2,3D2,4D2,5D2,6D2,7D2,8D2,9D2,10D2,11D2,12D2,13D2,14D2,15D2,16D2,17D2;. The maximum Gasteiger partial charge on any atom is 2.00 e. The second kappa shape index (κ2) is 42.0. The van der Waals surface area contributed by atoms with Crippen LogP contribution in [0, 0.1) is 0 Å². The topological polar surface area (TPSA) is 80.3 Å². The summed E-state index contributed by atoms with van der Waals surface area (Å²) < 4.78 is 553. The number of carbonyl (C=O) groups is 2. The van der Waals surface area contributed by atoms with Gasteiger partial charge in [-0.25, -0.2) is 0 Å². The molecule has 0 amide bonds. The van der Waals surface area contributed by atoms with Crippen molar-refractivity contribution >= 4 is 11.9 Å². The van der Waals surface area contributed by atoms with Crippen LogP contribution in [-0.4, -0.2) is 11.9 Å². The Morgan fingerprint density at radius 1 is 0.390 bits per heavy atom. The van der Waals surface area contributed by atoms with Gasteiger partial charge < -0.3 is 19.8 Å². The summed E-state index contributed by atoms with van der Waals surface area (Å²) in [4.78, 5) is 22.5. The molecule has 0 aromatic heterocycles. The average Bonchev–Trinajstić information content (AvgIpc) is 0.678. The Morgan fingerprint density at radius 3 is 0.732 bits per heavy atom. The van der Waals surface area contributed by atoms with E-state index in [4.69, 9.17) is 96.0 Å². The predicted octanol–water partition coefficient (Wildman–Crippen LogP) is 9.99. The van der Waals surface area contributed by atoms with E-state index in [9.17, 15) is 19.8 Å². The number of hydrogen-bond donors (Lipinski definition) is 0. The Morgan fingerprint density at radius 2 is 0.561 bits per heavy atom. The first-order chi connectivity index (χ1) is 45.9. The minimum atomic E-state index is -5.26. The van der Waals surface area contributed by atoms with Crippen molar-refractivity contribution in [1.29, 1.82) is 0 Å². The Labute approximate surface area is 375 Å². The molecule has 0 aromatic rings. The van der Waals surface area contributed by atoms with E-state index >= 15 is 0 Å². The molecular weight excluding hydrogens is 609 g/mol. The molecule has 240 valence electrons. The smallest absolute Gasteiger partial charge is 0.550 e. The second-order valence-corrected chi connectivity index (χ2v) is 4.57. The molecule has 0 radical (unpaired) electrons. The summed E-state index contributed by atoms with van der Waals surface area (Å²) >= 11 is 0. The largest absolute Gasteiger partial charge is 2.00 e. The molecule has 0 fully saturated rings. The van der Waals surface area contributed by atoms with Gasteiger partial charge in [-0.15, -0.1) is 0 Å². The normalized spacial score (nSPS) is 47.7. The molecule has 0 heterocycles. The Balaban J connectivity index is -0.00000208. The maximum atomic E-state index is 11.3. The van der Waals surface area contributed by atoms with E-state index in [2.05, 4.69) is 0 Å². The van der Waals surface area contributed by atoms with Gasteiger partial charge in [-0.2, -0.15) is 0 Å². The number of carboxylic acid groups (broad SMARTS) is 2. The molecule has 0 bridgehead atoms. The van der Waals surface area contributed by atoms with Gasteiger partial charge in [-0.1, -0.05) is 192 Å². The van der Waals surface area contributed by atoms with Gasteiger partial charge in [-0.3, -0.25) is 0 Å². The number of aliphatic carboxylic acids is 2. The molecule has 4 nitrogen and oxygen atoms in total. The van der Waals surface area contributed by atoms with Crippen molar-refractivity contribution in [2.24, 2.45) is 0 Å². The van der Waals surface area contributed by atoms with E-state index in [0.717, 1.165) is 0 Å². The molecular formula is C36H70CdO4. The summed E-state index contributed by atoms with van der Waals surface area (Å²) in [6, 6.07) is 0. The minimum absolute atomic E-state index is 0. The molecule has 0 aliphatic heterocycles. The first-order valence-electron chi connectivity index (χ1n) is 44.3. The maximum absolute atomic E-state index is 11.3. The van der Waals surface area contributed by atoms with E-state index < -0.39 is 230 Å². The third-order valence-electron chi connectivity index (χ3n) is 2.08. The zero-order valence-corrected chi connectivity index (χ0v) is 24.4. The van der Waals surface area contributed by atoms with Crippen molar-refractivity contribution < 1.29 is 143 Å². The first kappa shape index (κ1) is 5.58. The molecule has 0 unspecified atom stereocenters. The minimum Gasteiger partial charge on any atom is -0.550 e. The van der Waals surface area contributed by atoms with Crippen LogP contribution in [0.2, 0.25) is 0 Å². The molecule has 0 aliphatic rings. The van der Waals surface area contributed by atoms with Gasteiger partial charge in [0, 0.05) is 108 Å². The monoisotopic (exact) mass is 751 g/mol. The Bertz CT molecular complexity index is 3110. The molecule has 0 aromatic carbocycles. The van der Waals surface area contributed by atoms with Crippen LogP contribution in [0.5, 0.6) is 0 Å². The van der Waals surface area contributed by atoms with Crippen molar-refractivity contribution in [3.63, 3.8) is 0 Å². The summed E-state index contributed by atoms with van der Waals surface area (Å²) in [6.45, 7) is -8.30. The summed E-state index contributed by atoms with van der Waals surface area (Å²) in [5.74, 6) is -6.11. The van der Waals surface area contributed by atoms with Crippen LogP contribution in [0.25, 0.3) is 0 Å². The van der Waals surface area contributed by atoms with Crippen LogP contribution in [-0.2, 0) is 36.9 Å². The first-order valence-corrected chi connectivity index (χ1v) is 9.32. The van der Waals surface area contributed by atoms with Gasteiger partial charge >= 0.3 is 27.3 Å². The number of hydrogen-bond acceptors (Lipinski definition) is 4. The van der Waals surface area contributed by atoms with Gasteiger partial charge in [0.05, 0.1) is 0 Å². The molecule has 0 N–H and O–H groups in total. The fourth-order valence-corrected chi connectivity index (χ4v) is 0.977. The number of carboxylic acids is 2. The molecule has 0 rings (SSSR count). The van der Waals surface area contributed by atoms with Crippen LogP contribution >= 0.6 is 0 Å². The fourth-order valence-electron chi connectivity index (χ4n) is 0.977. The van der Waals surface area contributed by atoms with E-state index in [0.29, 0.717) is 0 Å². The average molecular weight is 750 g/mol.